The average Bonchev–Trinajstić information content (AvgIpc) is 3.15. The zero-order valence-electron chi connectivity index (χ0n) is 13.4. The fraction of sp³-hybridized carbons (Fsp3) is 0.294. The lowest BCUT2D eigenvalue weighted by Gasteiger charge is -2.13. The predicted octanol–water partition coefficient (Wildman–Crippen LogP) is 2.89. The van der Waals surface area contributed by atoms with Crippen molar-refractivity contribution in [1.82, 2.24) is 19.9 Å². The number of rotatable bonds is 5. The molecule has 2 aromatic heterocycles. The first-order valence-corrected chi connectivity index (χ1v) is 8.15. The van der Waals surface area contributed by atoms with Crippen molar-refractivity contribution in [2.24, 2.45) is 0 Å². The molecule has 1 atom stereocenters. The van der Waals surface area contributed by atoms with E-state index in [4.69, 9.17) is 4.74 Å². The van der Waals surface area contributed by atoms with E-state index in [1.54, 1.807) is 24.5 Å². The summed E-state index contributed by atoms with van der Waals surface area (Å²) in [5.41, 5.74) is 1.74. The molecule has 1 saturated heterocycles. The van der Waals surface area contributed by atoms with Crippen LogP contribution in [0.25, 0.3) is 11.2 Å². The number of aromatic nitrogens is 4. The van der Waals surface area contributed by atoms with Crippen molar-refractivity contribution in [3.05, 3.63) is 42.5 Å². The number of benzene rings is 1. The number of hydrogen-bond acceptors (Lipinski definition) is 7. The highest BCUT2D eigenvalue weighted by atomic mass is 19.1. The minimum Gasteiger partial charge on any atom is -0.376 e. The molecule has 1 aliphatic heterocycles. The first-order chi connectivity index (χ1) is 12.3. The lowest BCUT2D eigenvalue weighted by atomic mass is 10.2. The number of nitrogens with one attached hydrogen (secondary N) is 2. The second-order valence-corrected chi connectivity index (χ2v) is 5.77. The van der Waals surface area contributed by atoms with E-state index in [0.717, 1.165) is 19.4 Å². The second-order valence-electron chi connectivity index (χ2n) is 5.77. The molecule has 3 heterocycles. The molecule has 0 bridgehead atoms. The van der Waals surface area contributed by atoms with E-state index in [1.165, 1.54) is 12.1 Å². The van der Waals surface area contributed by atoms with E-state index in [9.17, 15) is 4.39 Å². The molecule has 3 aromatic rings. The number of anilines is 3. The van der Waals surface area contributed by atoms with Crippen molar-refractivity contribution in [3.8, 4) is 0 Å². The van der Waals surface area contributed by atoms with Crippen molar-refractivity contribution >= 4 is 28.6 Å². The molecule has 0 spiro atoms. The van der Waals surface area contributed by atoms with Gasteiger partial charge in [0.1, 0.15) is 5.82 Å². The van der Waals surface area contributed by atoms with Crippen LogP contribution in [0, 0.1) is 5.82 Å². The lowest BCUT2D eigenvalue weighted by Crippen LogP contribution is -2.20. The van der Waals surface area contributed by atoms with Gasteiger partial charge in [0.15, 0.2) is 17.0 Å². The summed E-state index contributed by atoms with van der Waals surface area (Å²) in [4.78, 5) is 17.4. The zero-order valence-corrected chi connectivity index (χ0v) is 13.4. The van der Waals surface area contributed by atoms with E-state index in [1.807, 2.05) is 0 Å². The summed E-state index contributed by atoms with van der Waals surface area (Å²) in [5, 5.41) is 6.35. The standard InChI is InChI=1S/C17H17FN6O/c18-11-3-5-12(6-4-11)22-16-14-15(20-8-7-19-14)23-17(24-16)21-10-13-2-1-9-25-13/h3-8,13H,1-2,9-10H2,(H2,20,21,22,23,24)/t13-/m0/s1. The molecule has 2 N–H and O–H groups in total. The van der Waals surface area contributed by atoms with Crippen LogP contribution in [0.15, 0.2) is 36.7 Å². The van der Waals surface area contributed by atoms with Crippen molar-refractivity contribution in [3.63, 3.8) is 0 Å². The molecule has 25 heavy (non-hydrogen) atoms. The van der Waals surface area contributed by atoms with E-state index in [0.29, 0.717) is 35.2 Å². The zero-order chi connectivity index (χ0) is 17.1. The maximum absolute atomic E-state index is 13.1. The Labute approximate surface area is 143 Å². The topological polar surface area (TPSA) is 84.9 Å². The van der Waals surface area contributed by atoms with E-state index in [2.05, 4.69) is 30.6 Å². The van der Waals surface area contributed by atoms with Gasteiger partial charge in [-0.25, -0.2) is 14.4 Å². The van der Waals surface area contributed by atoms with Gasteiger partial charge in [0.25, 0.3) is 0 Å². The molecular formula is C17H17FN6O. The summed E-state index contributed by atoms with van der Waals surface area (Å²) in [7, 11) is 0. The average molecular weight is 340 g/mol. The summed E-state index contributed by atoms with van der Waals surface area (Å²) in [6, 6.07) is 6.04. The van der Waals surface area contributed by atoms with Crippen LogP contribution in [0.2, 0.25) is 0 Å². The van der Waals surface area contributed by atoms with Gasteiger partial charge in [-0.1, -0.05) is 0 Å². The van der Waals surface area contributed by atoms with Gasteiger partial charge in [-0.05, 0) is 37.1 Å². The first kappa shape index (κ1) is 15.6. The van der Waals surface area contributed by atoms with Crippen molar-refractivity contribution < 1.29 is 9.13 Å². The fourth-order valence-electron chi connectivity index (χ4n) is 2.71. The Bertz CT molecular complexity index is 867. The normalized spacial score (nSPS) is 16.9. The van der Waals surface area contributed by atoms with Gasteiger partial charge in [0.05, 0.1) is 6.10 Å². The largest absolute Gasteiger partial charge is 0.376 e. The van der Waals surface area contributed by atoms with Crippen LogP contribution in [0.1, 0.15) is 12.8 Å². The molecular weight excluding hydrogens is 323 g/mol. The van der Waals surface area contributed by atoms with Gasteiger partial charge >= 0.3 is 0 Å². The van der Waals surface area contributed by atoms with Crippen LogP contribution in [0.3, 0.4) is 0 Å². The number of ether oxygens (including phenoxy) is 1. The minimum atomic E-state index is -0.295. The highest BCUT2D eigenvalue weighted by molar-refractivity contribution is 5.85. The lowest BCUT2D eigenvalue weighted by molar-refractivity contribution is 0.120. The third kappa shape index (κ3) is 3.63. The molecule has 4 rings (SSSR count). The Hall–Kier alpha value is -2.87. The van der Waals surface area contributed by atoms with Crippen LogP contribution < -0.4 is 10.6 Å². The molecule has 0 unspecified atom stereocenters. The third-order valence-corrected chi connectivity index (χ3v) is 3.95. The van der Waals surface area contributed by atoms with Gasteiger partial charge in [-0.3, -0.25) is 0 Å². The molecule has 0 aliphatic carbocycles. The van der Waals surface area contributed by atoms with Crippen LogP contribution in [-0.4, -0.2) is 39.2 Å². The Morgan fingerprint density at radius 3 is 2.76 bits per heavy atom. The SMILES string of the molecule is Fc1ccc(Nc2nc(NC[C@@H]3CCCO3)nc3nccnc23)cc1. The summed E-state index contributed by atoms with van der Waals surface area (Å²) < 4.78 is 18.7. The molecule has 1 aromatic carbocycles. The second kappa shape index (κ2) is 6.94. The number of halogens is 1. The van der Waals surface area contributed by atoms with Crippen LogP contribution >= 0.6 is 0 Å². The van der Waals surface area contributed by atoms with Gasteiger partial charge in [0.2, 0.25) is 5.95 Å². The number of fused-ring (bicyclic) bond motifs is 1. The monoisotopic (exact) mass is 340 g/mol. The fourth-order valence-corrected chi connectivity index (χ4v) is 2.71. The molecule has 128 valence electrons. The summed E-state index contributed by atoms with van der Waals surface area (Å²) in [6.07, 6.45) is 5.45. The molecule has 0 amide bonds. The maximum Gasteiger partial charge on any atom is 0.226 e. The van der Waals surface area contributed by atoms with E-state index < -0.39 is 0 Å². The van der Waals surface area contributed by atoms with E-state index >= 15 is 0 Å². The molecule has 0 saturated carbocycles. The predicted molar refractivity (Wildman–Crippen MR) is 92.3 cm³/mol. The van der Waals surface area contributed by atoms with Crippen LogP contribution in [0.4, 0.5) is 21.8 Å². The van der Waals surface area contributed by atoms with Gasteiger partial charge in [-0.2, -0.15) is 9.97 Å². The molecule has 8 heteroatoms. The number of hydrogen-bond donors (Lipinski definition) is 2. The molecule has 1 aliphatic rings. The van der Waals surface area contributed by atoms with Gasteiger partial charge < -0.3 is 15.4 Å². The smallest absolute Gasteiger partial charge is 0.226 e. The van der Waals surface area contributed by atoms with Crippen molar-refractivity contribution in [2.75, 3.05) is 23.8 Å². The summed E-state index contributed by atoms with van der Waals surface area (Å²) in [5.74, 6) is 0.671. The van der Waals surface area contributed by atoms with Crippen molar-refractivity contribution in [2.45, 2.75) is 18.9 Å². The molecule has 7 nitrogen and oxygen atoms in total. The third-order valence-electron chi connectivity index (χ3n) is 3.95. The number of nitrogens with zero attached hydrogens (tertiary/aromatic N) is 4. The summed E-state index contributed by atoms with van der Waals surface area (Å²) >= 11 is 0. The molecule has 0 radical (unpaired) electrons. The highest BCUT2D eigenvalue weighted by Crippen LogP contribution is 2.23. The Balaban J connectivity index is 1.62. The van der Waals surface area contributed by atoms with E-state index in [-0.39, 0.29) is 11.9 Å². The van der Waals surface area contributed by atoms with Gasteiger partial charge in [-0.15, -0.1) is 0 Å². The maximum atomic E-state index is 13.1. The Morgan fingerprint density at radius 1 is 1.12 bits per heavy atom. The Morgan fingerprint density at radius 2 is 1.96 bits per heavy atom. The Kier molecular flexibility index (Phi) is 4.34. The summed E-state index contributed by atoms with van der Waals surface area (Å²) in [6.45, 7) is 1.44. The first-order valence-electron chi connectivity index (χ1n) is 8.15. The minimum absolute atomic E-state index is 0.176. The quantitative estimate of drug-likeness (QED) is 0.738. The van der Waals surface area contributed by atoms with Gasteiger partial charge in [0, 0.05) is 31.2 Å². The van der Waals surface area contributed by atoms with Crippen LogP contribution in [-0.2, 0) is 4.74 Å². The van der Waals surface area contributed by atoms with Crippen molar-refractivity contribution in [1.29, 1.82) is 0 Å². The van der Waals surface area contributed by atoms with Crippen LogP contribution in [0.5, 0.6) is 0 Å². The highest BCUT2D eigenvalue weighted by Gasteiger charge is 2.16. The molecule has 1 fully saturated rings.